The molecule has 0 aliphatic carbocycles. The molecule has 0 saturated carbocycles. The topological polar surface area (TPSA) is 67.9 Å². The Morgan fingerprint density at radius 1 is 1.00 bits per heavy atom. The minimum atomic E-state index is -0.218. The van der Waals surface area contributed by atoms with Crippen LogP contribution in [-0.2, 0) is 16.0 Å². The van der Waals surface area contributed by atoms with Crippen LogP contribution >= 0.6 is 0 Å². The summed E-state index contributed by atoms with van der Waals surface area (Å²) in [4.78, 5) is 25.9. The summed E-state index contributed by atoms with van der Waals surface area (Å²) in [5.41, 5.74) is 2.93. The van der Waals surface area contributed by atoms with E-state index < -0.39 is 0 Å². The summed E-state index contributed by atoms with van der Waals surface area (Å²) in [6, 6.07) is 13.4. The zero-order valence-electron chi connectivity index (χ0n) is 17.8. The molecule has 0 saturated heterocycles. The van der Waals surface area contributed by atoms with Gasteiger partial charge in [0.25, 0.3) is 0 Å². The molecule has 0 aromatic heterocycles. The minimum absolute atomic E-state index is 0.00849. The molecule has 2 amide bonds. The van der Waals surface area contributed by atoms with Crippen LogP contribution in [0.15, 0.2) is 42.5 Å². The minimum Gasteiger partial charge on any atom is -0.493 e. The van der Waals surface area contributed by atoms with E-state index in [9.17, 15) is 9.59 Å². The van der Waals surface area contributed by atoms with Crippen LogP contribution < -0.4 is 14.8 Å². The maximum atomic E-state index is 12.4. The zero-order valence-corrected chi connectivity index (χ0v) is 17.8. The van der Waals surface area contributed by atoms with Crippen LogP contribution in [0.4, 0.5) is 5.69 Å². The average molecular weight is 399 g/mol. The molecule has 0 atom stereocenters. The first-order chi connectivity index (χ1) is 13.8. The van der Waals surface area contributed by atoms with E-state index >= 15 is 0 Å². The molecule has 1 N–H and O–H groups in total. The van der Waals surface area contributed by atoms with Crippen molar-refractivity contribution in [3.05, 3.63) is 53.6 Å². The molecule has 0 spiro atoms. The average Bonchev–Trinajstić information content (AvgIpc) is 2.70. The van der Waals surface area contributed by atoms with E-state index in [1.165, 1.54) is 17.4 Å². The largest absolute Gasteiger partial charge is 0.493 e. The molecule has 2 aromatic carbocycles. The van der Waals surface area contributed by atoms with Crippen LogP contribution in [0.1, 0.15) is 37.8 Å². The lowest BCUT2D eigenvalue weighted by Crippen LogP contribution is -2.38. The number of ether oxygens (including phenoxy) is 2. The number of nitrogens with zero attached hydrogens (tertiary/aromatic N) is 1. The molecule has 0 heterocycles. The van der Waals surface area contributed by atoms with Gasteiger partial charge in [-0.1, -0.05) is 32.0 Å². The molecular formula is C23H30N2O4. The lowest BCUT2D eigenvalue weighted by atomic mass is 10.0. The van der Waals surface area contributed by atoms with E-state index in [4.69, 9.17) is 9.47 Å². The first-order valence-electron chi connectivity index (χ1n) is 9.70. The number of carbonyl (C=O) groups is 2. The molecule has 0 radical (unpaired) electrons. The second-order valence-electron chi connectivity index (χ2n) is 7.20. The van der Waals surface area contributed by atoms with Crippen LogP contribution in [0.25, 0.3) is 0 Å². The highest BCUT2D eigenvalue weighted by atomic mass is 16.5. The number of anilines is 1. The van der Waals surface area contributed by atoms with Crippen LogP contribution in [0, 0.1) is 0 Å². The number of benzene rings is 2. The normalized spacial score (nSPS) is 10.6. The smallest absolute Gasteiger partial charge is 0.243 e. The number of methoxy groups -OCH3 is 2. The molecule has 0 unspecified atom stereocenters. The third-order valence-electron chi connectivity index (χ3n) is 4.76. The highest BCUT2D eigenvalue weighted by Crippen LogP contribution is 2.27. The third-order valence-corrected chi connectivity index (χ3v) is 4.76. The van der Waals surface area contributed by atoms with E-state index in [2.05, 4.69) is 19.2 Å². The van der Waals surface area contributed by atoms with Gasteiger partial charge in [-0.2, -0.15) is 0 Å². The number of amides is 2. The summed E-state index contributed by atoms with van der Waals surface area (Å²) < 4.78 is 10.6. The standard InChI is InChI=1S/C23H30N2O4/c1-16(2)19-7-9-20(10-8-19)24-23(27)15-25(17(3)26)13-12-18-6-11-21(28-4)22(14-18)29-5/h6-11,14,16H,12-13,15H2,1-5H3,(H,24,27). The molecule has 2 rings (SSSR count). The van der Waals surface area contributed by atoms with E-state index in [0.717, 1.165) is 11.3 Å². The predicted octanol–water partition coefficient (Wildman–Crippen LogP) is 3.86. The van der Waals surface area contributed by atoms with Gasteiger partial charge in [-0.05, 0) is 47.7 Å². The van der Waals surface area contributed by atoms with Crippen molar-refractivity contribution < 1.29 is 19.1 Å². The van der Waals surface area contributed by atoms with Crippen molar-refractivity contribution in [2.24, 2.45) is 0 Å². The Morgan fingerprint density at radius 3 is 2.21 bits per heavy atom. The lowest BCUT2D eigenvalue weighted by molar-refractivity contribution is -0.132. The Labute approximate surface area is 172 Å². The van der Waals surface area contributed by atoms with E-state index in [0.29, 0.717) is 30.4 Å². The van der Waals surface area contributed by atoms with Crippen molar-refractivity contribution in [1.82, 2.24) is 4.90 Å². The predicted molar refractivity (Wildman–Crippen MR) is 115 cm³/mol. The van der Waals surface area contributed by atoms with Gasteiger partial charge in [0.15, 0.2) is 11.5 Å². The molecule has 6 heteroatoms. The van der Waals surface area contributed by atoms with Crippen molar-refractivity contribution in [3.8, 4) is 11.5 Å². The van der Waals surface area contributed by atoms with Crippen LogP contribution in [-0.4, -0.2) is 44.0 Å². The highest BCUT2D eigenvalue weighted by molar-refractivity contribution is 5.94. The van der Waals surface area contributed by atoms with Gasteiger partial charge >= 0.3 is 0 Å². The fraction of sp³-hybridized carbons (Fsp3) is 0.391. The van der Waals surface area contributed by atoms with Crippen LogP contribution in [0.5, 0.6) is 11.5 Å². The Kier molecular flexibility index (Phi) is 8.07. The molecule has 156 valence electrons. The fourth-order valence-corrected chi connectivity index (χ4v) is 2.97. The highest BCUT2D eigenvalue weighted by Gasteiger charge is 2.15. The Bertz CT molecular complexity index is 831. The fourth-order valence-electron chi connectivity index (χ4n) is 2.97. The molecule has 2 aromatic rings. The van der Waals surface area contributed by atoms with Gasteiger partial charge in [0.1, 0.15) is 0 Å². The SMILES string of the molecule is COc1ccc(CCN(CC(=O)Nc2ccc(C(C)C)cc2)C(C)=O)cc1OC. The number of hydrogen-bond donors (Lipinski definition) is 1. The second-order valence-corrected chi connectivity index (χ2v) is 7.20. The molecule has 0 bridgehead atoms. The van der Waals surface area contributed by atoms with Crippen LogP contribution in [0.3, 0.4) is 0 Å². The van der Waals surface area contributed by atoms with Crippen molar-refractivity contribution in [1.29, 1.82) is 0 Å². The second kappa shape index (κ2) is 10.5. The number of hydrogen-bond acceptors (Lipinski definition) is 4. The van der Waals surface area contributed by atoms with E-state index in [-0.39, 0.29) is 18.4 Å². The summed E-state index contributed by atoms with van der Waals surface area (Å²) in [5, 5.41) is 2.86. The van der Waals surface area contributed by atoms with E-state index in [1.807, 2.05) is 42.5 Å². The summed E-state index contributed by atoms with van der Waals surface area (Å²) in [5.74, 6) is 1.37. The van der Waals surface area contributed by atoms with Gasteiger partial charge in [0.05, 0.1) is 20.8 Å². The number of carbonyl (C=O) groups excluding carboxylic acids is 2. The third kappa shape index (κ3) is 6.52. The van der Waals surface area contributed by atoms with Gasteiger partial charge in [0, 0.05) is 19.2 Å². The summed E-state index contributed by atoms with van der Waals surface area (Å²) in [6.45, 7) is 6.16. The Morgan fingerprint density at radius 2 is 1.66 bits per heavy atom. The summed E-state index contributed by atoms with van der Waals surface area (Å²) in [7, 11) is 3.17. The van der Waals surface area contributed by atoms with Gasteiger partial charge < -0.3 is 19.7 Å². The first kappa shape index (κ1) is 22.3. The molecule has 0 aliphatic rings. The van der Waals surface area contributed by atoms with Crippen LogP contribution in [0.2, 0.25) is 0 Å². The van der Waals surface area contributed by atoms with Gasteiger partial charge in [-0.3, -0.25) is 9.59 Å². The van der Waals surface area contributed by atoms with Gasteiger partial charge in [-0.25, -0.2) is 0 Å². The maximum Gasteiger partial charge on any atom is 0.243 e. The number of nitrogens with one attached hydrogen (secondary N) is 1. The summed E-state index contributed by atoms with van der Waals surface area (Å²) in [6.07, 6.45) is 0.607. The number of rotatable bonds is 9. The van der Waals surface area contributed by atoms with Gasteiger partial charge in [0.2, 0.25) is 11.8 Å². The van der Waals surface area contributed by atoms with Crippen molar-refractivity contribution in [2.45, 2.75) is 33.1 Å². The quantitative estimate of drug-likeness (QED) is 0.697. The Hall–Kier alpha value is -3.02. The van der Waals surface area contributed by atoms with Crippen molar-refractivity contribution in [2.75, 3.05) is 32.6 Å². The maximum absolute atomic E-state index is 12.4. The molecule has 0 aliphatic heterocycles. The zero-order chi connectivity index (χ0) is 21.4. The van der Waals surface area contributed by atoms with Crippen molar-refractivity contribution in [3.63, 3.8) is 0 Å². The molecular weight excluding hydrogens is 368 g/mol. The Balaban J connectivity index is 1.95. The first-order valence-corrected chi connectivity index (χ1v) is 9.70. The van der Waals surface area contributed by atoms with E-state index in [1.54, 1.807) is 14.2 Å². The monoisotopic (exact) mass is 398 g/mol. The lowest BCUT2D eigenvalue weighted by Gasteiger charge is -2.21. The van der Waals surface area contributed by atoms with Crippen molar-refractivity contribution >= 4 is 17.5 Å². The molecule has 29 heavy (non-hydrogen) atoms. The molecule has 0 fully saturated rings. The summed E-state index contributed by atoms with van der Waals surface area (Å²) >= 11 is 0. The molecule has 6 nitrogen and oxygen atoms in total. The van der Waals surface area contributed by atoms with Gasteiger partial charge in [-0.15, -0.1) is 0 Å².